The van der Waals surface area contributed by atoms with Gasteiger partial charge in [-0.15, -0.1) is 0 Å². The van der Waals surface area contributed by atoms with Crippen LogP contribution in [0.4, 0.5) is 5.69 Å². The fourth-order valence-electron chi connectivity index (χ4n) is 2.94. The first-order valence-electron chi connectivity index (χ1n) is 10.5. The number of nitrogens with one attached hydrogen (secondary N) is 2. The Bertz CT molecular complexity index is 1040. The molecule has 178 valence electrons. The number of rotatable bonds is 13. The third-order valence-corrected chi connectivity index (χ3v) is 4.82. The number of hydrogen-bond donors (Lipinski definition) is 2. The fourth-order valence-corrected chi connectivity index (χ4v) is 2.94. The molecule has 9 heteroatoms. The molecule has 0 aliphatic carbocycles. The molecule has 0 unspecified atom stereocenters. The zero-order valence-corrected chi connectivity index (χ0v) is 19.5. The predicted octanol–water partition coefficient (Wildman–Crippen LogP) is 1.79. The second-order valence-corrected chi connectivity index (χ2v) is 7.26. The lowest BCUT2D eigenvalue weighted by Gasteiger charge is -2.13. The molecule has 0 atom stereocenters. The lowest BCUT2D eigenvalue weighted by molar-refractivity contribution is -0.123. The van der Waals surface area contributed by atoms with E-state index in [4.69, 9.17) is 14.2 Å². The number of pyridine rings is 1. The number of methoxy groups -OCH3 is 2. The van der Waals surface area contributed by atoms with Gasteiger partial charge in [0.1, 0.15) is 11.3 Å². The summed E-state index contributed by atoms with van der Waals surface area (Å²) in [4.78, 5) is 37.4. The summed E-state index contributed by atoms with van der Waals surface area (Å²) in [5, 5.41) is 5.77. The number of ketones is 1. The number of carbonyl (C=O) groups excluding carboxylic acids is 2. The normalized spacial score (nSPS) is 10.9. The Morgan fingerprint density at radius 1 is 1.09 bits per heavy atom. The van der Waals surface area contributed by atoms with Gasteiger partial charge in [-0.3, -0.25) is 14.4 Å². The van der Waals surface area contributed by atoms with Crippen LogP contribution in [-0.4, -0.2) is 63.4 Å². The molecule has 0 spiro atoms. The Morgan fingerprint density at radius 3 is 2.55 bits per heavy atom. The second-order valence-electron chi connectivity index (χ2n) is 7.26. The third kappa shape index (κ3) is 7.89. The minimum absolute atomic E-state index is 0.0654. The SMILES string of the molecule is COCCNC(=O)COc1cccc(C=CC(=O)c2c(NCCOC)cc(C)n(C)c2=O)c1. The number of amides is 1. The standard InChI is InChI=1S/C24H31N3O6/c1-17-14-20(25-10-12-31-3)23(24(30)27(17)2)21(28)9-8-18-6-5-7-19(15-18)33-16-22(29)26-11-13-32-4/h5-9,14-15,25H,10-13,16H2,1-4H3,(H,26,29). The monoisotopic (exact) mass is 457 g/mol. The smallest absolute Gasteiger partial charge is 0.263 e. The minimum Gasteiger partial charge on any atom is -0.484 e. The van der Waals surface area contributed by atoms with E-state index < -0.39 is 5.78 Å². The van der Waals surface area contributed by atoms with E-state index in [1.165, 1.54) is 10.6 Å². The summed E-state index contributed by atoms with van der Waals surface area (Å²) in [6.07, 6.45) is 2.95. The number of aromatic nitrogens is 1. The van der Waals surface area contributed by atoms with E-state index in [9.17, 15) is 14.4 Å². The summed E-state index contributed by atoms with van der Waals surface area (Å²) < 4.78 is 16.9. The second kappa shape index (κ2) is 13.2. The molecular weight excluding hydrogens is 426 g/mol. The summed E-state index contributed by atoms with van der Waals surface area (Å²) in [5.41, 5.74) is 1.59. The van der Waals surface area contributed by atoms with Crippen molar-refractivity contribution in [2.45, 2.75) is 6.92 Å². The third-order valence-electron chi connectivity index (χ3n) is 4.82. The van der Waals surface area contributed by atoms with E-state index in [2.05, 4.69) is 10.6 Å². The van der Waals surface area contributed by atoms with Gasteiger partial charge < -0.3 is 29.4 Å². The van der Waals surface area contributed by atoms with Crippen molar-refractivity contribution in [1.29, 1.82) is 0 Å². The number of anilines is 1. The van der Waals surface area contributed by atoms with Gasteiger partial charge in [-0.1, -0.05) is 18.2 Å². The molecule has 1 aromatic heterocycles. The summed E-state index contributed by atoms with van der Waals surface area (Å²) >= 11 is 0. The number of hydrogen-bond acceptors (Lipinski definition) is 7. The van der Waals surface area contributed by atoms with Gasteiger partial charge >= 0.3 is 0 Å². The Hall–Kier alpha value is -3.43. The topological polar surface area (TPSA) is 108 Å². The van der Waals surface area contributed by atoms with Crippen LogP contribution in [-0.2, 0) is 21.3 Å². The lowest BCUT2D eigenvalue weighted by atomic mass is 10.1. The fraction of sp³-hybridized carbons (Fsp3) is 0.375. The van der Waals surface area contributed by atoms with Crippen LogP contribution in [0.3, 0.4) is 0 Å². The Balaban J connectivity index is 2.13. The van der Waals surface area contributed by atoms with Gasteiger partial charge in [-0.2, -0.15) is 0 Å². The molecule has 0 bridgehead atoms. The van der Waals surface area contributed by atoms with Crippen LogP contribution in [0.25, 0.3) is 6.08 Å². The van der Waals surface area contributed by atoms with Crippen LogP contribution in [0.1, 0.15) is 21.6 Å². The van der Waals surface area contributed by atoms with Gasteiger partial charge in [-0.05, 0) is 36.8 Å². The van der Waals surface area contributed by atoms with Crippen molar-refractivity contribution >= 4 is 23.5 Å². The first-order chi connectivity index (χ1) is 15.9. The Morgan fingerprint density at radius 2 is 1.82 bits per heavy atom. The van der Waals surface area contributed by atoms with Crippen LogP contribution < -0.4 is 20.9 Å². The first-order valence-corrected chi connectivity index (χ1v) is 10.5. The van der Waals surface area contributed by atoms with Crippen molar-refractivity contribution in [3.63, 3.8) is 0 Å². The van der Waals surface area contributed by atoms with Crippen molar-refractivity contribution in [1.82, 2.24) is 9.88 Å². The molecule has 1 heterocycles. The average Bonchev–Trinajstić information content (AvgIpc) is 2.80. The van der Waals surface area contributed by atoms with E-state index >= 15 is 0 Å². The molecule has 1 amide bonds. The van der Waals surface area contributed by atoms with E-state index in [0.717, 1.165) is 5.69 Å². The molecule has 0 fully saturated rings. The molecule has 1 aromatic carbocycles. The highest BCUT2D eigenvalue weighted by molar-refractivity contribution is 6.10. The molecule has 0 aliphatic heterocycles. The van der Waals surface area contributed by atoms with Gasteiger partial charge in [0.25, 0.3) is 11.5 Å². The maximum absolute atomic E-state index is 12.9. The van der Waals surface area contributed by atoms with Crippen molar-refractivity contribution in [3.05, 3.63) is 63.6 Å². The summed E-state index contributed by atoms with van der Waals surface area (Å²) in [7, 11) is 4.77. The highest BCUT2D eigenvalue weighted by Gasteiger charge is 2.16. The lowest BCUT2D eigenvalue weighted by Crippen LogP contribution is -2.31. The molecule has 2 aromatic rings. The number of benzene rings is 1. The summed E-state index contributed by atoms with van der Waals surface area (Å²) in [5.74, 6) is -0.189. The summed E-state index contributed by atoms with van der Waals surface area (Å²) in [6, 6.07) is 8.74. The maximum atomic E-state index is 12.9. The molecule has 2 N–H and O–H groups in total. The zero-order valence-electron chi connectivity index (χ0n) is 19.5. The number of nitrogens with zero attached hydrogens (tertiary/aromatic N) is 1. The van der Waals surface area contributed by atoms with Gasteiger partial charge in [0, 0.05) is 40.1 Å². The Kier molecular flexibility index (Phi) is 10.3. The van der Waals surface area contributed by atoms with Crippen LogP contribution in [0.5, 0.6) is 5.75 Å². The van der Waals surface area contributed by atoms with E-state index in [1.807, 2.05) is 0 Å². The highest BCUT2D eigenvalue weighted by Crippen LogP contribution is 2.17. The molecule has 0 aliphatic rings. The average molecular weight is 458 g/mol. The molecular formula is C24H31N3O6. The van der Waals surface area contributed by atoms with Crippen molar-refractivity contribution in [2.24, 2.45) is 7.05 Å². The molecule has 2 rings (SSSR count). The predicted molar refractivity (Wildman–Crippen MR) is 127 cm³/mol. The number of allylic oxidation sites excluding steroid dienone is 1. The molecule has 9 nitrogen and oxygen atoms in total. The van der Waals surface area contributed by atoms with E-state index in [0.29, 0.717) is 43.3 Å². The van der Waals surface area contributed by atoms with Crippen molar-refractivity contribution in [3.8, 4) is 5.75 Å². The van der Waals surface area contributed by atoms with Crippen molar-refractivity contribution < 1.29 is 23.8 Å². The first kappa shape index (κ1) is 25.8. The van der Waals surface area contributed by atoms with Crippen LogP contribution >= 0.6 is 0 Å². The van der Waals surface area contributed by atoms with Gasteiger partial charge in [-0.25, -0.2) is 0 Å². The number of ether oxygens (including phenoxy) is 3. The highest BCUT2D eigenvalue weighted by atomic mass is 16.5. The maximum Gasteiger partial charge on any atom is 0.263 e. The quantitative estimate of drug-likeness (QED) is 0.268. The van der Waals surface area contributed by atoms with Gasteiger partial charge in [0.2, 0.25) is 0 Å². The molecule has 0 saturated carbocycles. The Labute approximate surface area is 193 Å². The van der Waals surface area contributed by atoms with Crippen LogP contribution in [0.2, 0.25) is 0 Å². The van der Waals surface area contributed by atoms with E-state index in [-0.39, 0.29) is 23.6 Å². The van der Waals surface area contributed by atoms with Gasteiger partial charge in [0.05, 0.1) is 18.9 Å². The number of carbonyl (C=O) groups is 2. The molecule has 0 radical (unpaired) electrons. The molecule has 0 saturated heterocycles. The summed E-state index contributed by atoms with van der Waals surface area (Å²) in [6.45, 7) is 3.40. The van der Waals surface area contributed by atoms with Gasteiger partial charge in [0.15, 0.2) is 12.4 Å². The van der Waals surface area contributed by atoms with Crippen molar-refractivity contribution in [2.75, 3.05) is 52.4 Å². The largest absolute Gasteiger partial charge is 0.484 e. The number of aryl methyl sites for hydroxylation is 1. The minimum atomic E-state index is -0.417. The van der Waals surface area contributed by atoms with Crippen LogP contribution in [0.15, 0.2) is 41.2 Å². The molecule has 33 heavy (non-hydrogen) atoms. The zero-order chi connectivity index (χ0) is 24.2. The van der Waals surface area contributed by atoms with Crippen LogP contribution in [0, 0.1) is 6.92 Å². The van der Waals surface area contributed by atoms with E-state index in [1.54, 1.807) is 64.6 Å².